The van der Waals surface area contributed by atoms with Gasteiger partial charge in [-0.25, -0.2) is 0 Å². The summed E-state index contributed by atoms with van der Waals surface area (Å²) in [6.07, 6.45) is 0. The molecule has 0 aliphatic heterocycles. The van der Waals surface area contributed by atoms with Gasteiger partial charge in [-0.2, -0.15) is 5.10 Å². The standard InChI is InChI=1S/C20H17BrN2/c1-15(22-23-20-5-3-2-4-6-20)16-7-9-17(10-8-16)18-11-13-19(21)14-12-18/h2-14,23H,1H3/b22-15+. The second-order valence-corrected chi connectivity index (χ2v) is 6.17. The van der Waals surface area contributed by atoms with Gasteiger partial charge in [-0.15, -0.1) is 0 Å². The third kappa shape index (κ3) is 4.08. The van der Waals surface area contributed by atoms with E-state index in [2.05, 4.69) is 75.0 Å². The Morgan fingerprint density at radius 2 is 1.35 bits per heavy atom. The number of para-hydroxylation sites is 1. The zero-order valence-corrected chi connectivity index (χ0v) is 14.4. The van der Waals surface area contributed by atoms with E-state index in [9.17, 15) is 0 Å². The summed E-state index contributed by atoms with van der Waals surface area (Å²) in [4.78, 5) is 0. The SMILES string of the molecule is C/C(=N\Nc1ccccc1)c1ccc(-c2ccc(Br)cc2)cc1. The fourth-order valence-corrected chi connectivity index (χ4v) is 2.54. The van der Waals surface area contributed by atoms with Crippen LogP contribution in [-0.2, 0) is 0 Å². The van der Waals surface area contributed by atoms with Gasteiger partial charge in [-0.3, -0.25) is 5.43 Å². The van der Waals surface area contributed by atoms with E-state index in [4.69, 9.17) is 0 Å². The molecule has 0 aliphatic rings. The first-order valence-electron chi connectivity index (χ1n) is 7.44. The minimum atomic E-state index is 0.955. The van der Waals surface area contributed by atoms with Gasteiger partial charge < -0.3 is 0 Å². The minimum absolute atomic E-state index is 0.955. The van der Waals surface area contributed by atoms with Crippen molar-refractivity contribution in [2.75, 3.05) is 5.43 Å². The molecule has 0 aromatic heterocycles. The van der Waals surface area contributed by atoms with Gasteiger partial charge in [0, 0.05) is 4.47 Å². The molecule has 3 heteroatoms. The molecule has 0 atom stereocenters. The van der Waals surface area contributed by atoms with Crippen LogP contribution in [0.25, 0.3) is 11.1 Å². The number of anilines is 1. The Bertz CT molecular complexity index is 791. The van der Waals surface area contributed by atoms with Crippen molar-refractivity contribution in [2.24, 2.45) is 5.10 Å². The fourth-order valence-electron chi connectivity index (χ4n) is 2.27. The van der Waals surface area contributed by atoms with Crippen LogP contribution in [0.3, 0.4) is 0 Å². The summed E-state index contributed by atoms with van der Waals surface area (Å²) < 4.78 is 1.09. The number of rotatable bonds is 4. The summed E-state index contributed by atoms with van der Waals surface area (Å²) >= 11 is 3.46. The lowest BCUT2D eigenvalue weighted by Gasteiger charge is -2.06. The van der Waals surface area contributed by atoms with Crippen LogP contribution in [0.15, 0.2) is 88.4 Å². The zero-order valence-electron chi connectivity index (χ0n) is 12.8. The highest BCUT2D eigenvalue weighted by molar-refractivity contribution is 9.10. The molecule has 0 amide bonds. The van der Waals surface area contributed by atoms with Crippen molar-refractivity contribution in [3.05, 3.63) is 88.9 Å². The van der Waals surface area contributed by atoms with Gasteiger partial charge in [0.05, 0.1) is 11.4 Å². The molecule has 0 spiro atoms. The van der Waals surface area contributed by atoms with Gasteiger partial charge >= 0.3 is 0 Å². The van der Waals surface area contributed by atoms with Crippen LogP contribution < -0.4 is 5.43 Å². The number of nitrogens with zero attached hydrogens (tertiary/aromatic N) is 1. The molecular weight excluding hydrogens is 348 g/mol. The lowest BCUT2D eigenvalue weighted by Crippen LogP contribution is -1.99. The summed E-state index contributed by atoms with van der Waals surface area (Å²) in [5.74, 6) is 0. The van der Waals surface area contributed by atoms with E-state index in [0.29, 0.717) is 0 Å². The largest absolute Gasteiger partial charge is 0.278 e. The lowest BCUT2D eigenvalue weighted by atomic mass is 10.0. The van der Waals surface area contributed by atoms with Gasteiger partial charge in [0.25, 0.3) is 0 Å². The maximum absolute atomic E-state index is 4.44. The summed E-state index contributed by atoms with van der Waals surface area (Å²) in [5.41, 5.74) is 8.53. The van der Waals surface area contributed by atoms with Gasteiger partial charge in [-0.05, 0) is 47.9 Å². The molecule has 3 rings (SSSR count). The molecule has 0 aliphatic carbocycles. The molecule has 1 N–H and O–H groups in total. The van der Waals surface area contributed by atoms with Crippen molar-refractivity contribution < 1.29 is 0 Å². The van der Waals surface area contributed by atoms with Crippen LogP contribution in [-0.4, -0.2) is 5.71 Å². The minimum Gasteiger partial charge on any atom is -0.278 e. The third-order valence-electron chi connectivity index (χ3n) is 3.61. The molecule has 0 unspecified atom stereocenters. The topological polar surface area (TPSA) is 24.4 Å². The van der Waals surface area contributed by atoms with Crippen molar-refractivity contribution in [1.82, 2.24) is 0 Å². The predicted molar refractivity (Wildman–Crippen MR) is 102 cm³/mol. The van der Waals surface area contributed by atoms with Crippen molar-refractivity contribution in [1.29, 1.82) is 0 Å². The Kier molecular flexibility index (Phi) is 4.89. The Morgan fingerprint density at radius 1 is 0.783 bits per heavy atom. The van der Waals surface area contributed by atoms with Crippen LogP contribution in [0.2, 0.25) is 0 Å². The Labute approximate surface area is 145 Å². The quantitative estimate of drug-likeness (QED) is 0.448. The molecule has 23 heavy (non-hydrogen) atoms. The summed E-state index contributed by atoms with van der Waals surface area (Å²) in [6, 6.07) is 26.7. The van der Waals surface area contributed by atoms with Gasteiger partial charge in [0.1, 0.15) is 0 Å². The molecule has 3 aromatic carbocycles. The van der Waals surface area contributed by atoms with E-state index in [0.717, 1.165) is 21.4 Å². The molecule has 114 valence electrons. The number of benzene rings is 3. The van der Waals surface area contributed by atoms with E-state index in [1.165, 1.54) is 11.1 Å². The average molecular weight is 365 g/mol. The molecule has 0 radical (unpaired) electrons. The van der Waals surface area contributed by atoms with Crippen LogP contribution >= 0.6 is 15.9 Å². The second-order valence-electron chi connectivity index (χ2n) is 5.26. The first-order valence-corrected chi connectivity index (χ1v) is 8.23. The summed E-state index contributed by atoms with van der Waals surface area (Å²) in [5, 5.41) is 4.44. The van der Waals surface area contributed by atoms with E-state index < -0.39 is 0 Å². The number of halogens is 1. The highest BCUT2D eigenvalue weighted by Gasteiger charge is 2.01. The second kappa shape index (κ2) is 7.25. The van der Waals surface area contributed by atoms with Crippen LogP contribution in [0.1, 0.15) is 12.5 Å². The maximum Gasteiger partial charge on any atom is 0.0648 e. The molecule has 0 saturated carbocycles. The summed E-state index contributed by atoms with van der Waals surface area (Å²) in [7, 11) is 0. The number of hydrazone groups is 1. The molecule has 2 nitrogen and oxygen atoms in total. The average Bonchev–Trinajstić information content (AvgIpc) is 2.61. The molecule has 0 fully saturated rings. The van der Waals surface area contributed by atoms with Crippen LogP contribution in [0, 0.1) is 0 Å². The highest BCUT2D eigenvalue weighted by atomic mass is 79.9. The van der Waals surface area contributed by atoms with Gasteiger partial charge in [0.2, 0.25) is 0 Å². The number of hydrogen-bond acceptors (Lipinski definition) is 2. The molecule has 3 aromatic rings. The van der Waals surface area contributed by atoms with E-state index in [-0.39, 0.29) is 0 Å². The van der Waals surface area contributed by atoms with E-state index >= 15 is 0 Å². The van der Waals surface area contributed by atoms with Crippen molar-refractivity contribution >= 4 is 27.3 Å². The van der Waals surface area contributed by atoms with Gasteiger partial charge in [0.15, 0.2) is 0 Å². The smallest absolute Gasteiger partial charge is 0.0648 e. The molecule has 0 bridgehead atoms. The zero-order chi connectivity index (χ0) is 16.1. The molecular formula is C20H17BrN2. The Morgan fingerprint density at radius 3 is 1.96 bits per heavy atom. The Hall–Kier alpha value is -2.39. The third-order valence-corrected chi connectivity index (χ3v) is 4.14. The van der Waals surface area contributed by atoms with Crippen molar-refractivity contribution in [3.63, 3.8) is 0 Å². The highest BCUT2D eigenvalue weighted by Crippen LogP contribution is 2.22. The predicted octanol–water partition coefficient (Wildman–Crippen LogP) is 5.95. The number of nitrogens with one attached hydrogen (secondary N) is 1. The monoisotopic (exact) mass is 364 g/mol. The van der Waals surface area contributed by atoms with Crippen molar-refractivity contribution in [3.8, 4) is 11.1 Å². The van der Waals surface area contributed by atoms with Crippen LogP contribution in [0.4, 0.5) is 5.69 Å². The first kappa shape index (κ1) is 15.5. The summed E-state index contributed by atoms with van der Waals surface area (Å²) in [6.45, 7) is 2.00. The lowest BCUT2D eigenvalue weighted by molar-refractivity contribution is 1.32. The molecule has 0 heterocycles. The first-order chi connectivity index (χ1) is 11.2. The van der Waals surface area contributed by atoms with Gasteiger partial charge in [-0.1, -0.05) is 70.5 Å². The Balaban J connectivity index is 1.75. The molecule has 0 saturated heterocycles. The number of hydrogen-bond donors (Lipinski definition) is 1. The van der Waals surface area contributed by atoms with Crippen molar-refractivity contribution in [2.45, 2.75) is 6.92 Å². The van der Waals surface area contributed by atoms with Crippen LogP contribution in [0.5, 0.6) is 0 Å². The maximum atomic E-state index is 4.44. The van der Waals surface area contributed by atoms with E-state index in [1.54, 1.807) is 0 Å². The van der Waals surface area contributed by atoms with E-state index in [1.807, 2.05) is 37.3 Å². The fraction of sp³-hybridized carbons (Fsp3) is 0.0500. The normalized spacial score (nSPS) is 11.3.